The van der Waals surface area contributed by atoms with Gasteiger partial charge in [0.1, 0.15) is 0 Å². The smallest absolute Gasteiger partial charge is 0.240 e. The predicted molar refractivity (Wildman–Crippen MR) is 105 cm³/mol. The molecule has 1 fully saturated rings. The van der Waals surface area contributed by atoms with Crippen molar-refractivity contribution in [1.29, 1.82) is 0 Å². The van der Waals surface area contributed by atoms with Crippen molar-refractivity contribution in [3.05, 3.63) is 60.2 Å². The van der Waals surface area contributed by atoms with Crippen LogP contribution in [0.2, 0.25) is 0 Å². The van der Waals surface area contributed by atoms with Gasteiger partial charge in [-0.15, -0.1) is 0 Å². The van der Waals surface area contributed by atoms with E-state index in [1.807, 2.05) is 30.3 Å². The van der Waals surface area contributed by atoms with Crippen LogP contribution in [0.3, 0.4) is 0 Å². The van der Waals surface area contributed by atoms with E-state index < -0.39 is 19.9 Å². The molecule has 0 saturated carbocycles. The second-order valence-electron chi connectivity index (χ2n) is 6.77. The lowest BCUT2D eigenvalue weighted by atomic mass is 10.1. The first-order valence-electron chi connectivity index (χ1n) is 8.86. The first-order valence-corrected chi connectivity index (χ1v) is 12.2. The van der Waals surface area contributed by atoms with Gasteiger partial charge < -0.3 is 0 Å². The van der Waals surface area contributed by atoms with Gasteiger partial charge in [0, 0.05) is 18.8 Å². The molecular formula is C19H24N2O4S2. The van der Waals surface area contributed by atoms with Gasteiger partial charge in [-0.25, -0.2) is 21.6 Å². The van der Waals surface area contributed by atoms with Gasteiger partial charge in [0.2, 0.25) is 10.0 Å². The third-order valence-corrected chi connectivity index (χ3v) is 7.31. The minimum absolute atomic E-state index is 0.00970. The van der Waals surface area contributed by atoms with Crippen LogP contribution in [0.1, 0.15) is 24.4 Å². The summed E-state index contributed by atoms with van der Waals surface area (Å²) in [6.45, 7) is 2.10. The van der Waals surface area contributed by atoms with Gasteiger partial charge in [0.25, 0.3) is 0 Å². The molecule has 0 aliphatic carbocycles. The Morgan fingerprint density at radius 1 is 0.926 bits per heavy atom. The lowest BCUT2D eigenvalue weighted by Crippen LogP contribution is -2.36. The molecule has 8 heteroatoms. The highest BCUT2D eigenvalue weighted by molar-refractivity contribution is 7.91. The zero-order chi connectivity index (χ0) is 19.5. The van der Waals surface area contributed by atoms with Gasteiger partial charge in [0.05, 0.1) is 9.79 Å². The van der Waals surface area contributed by atoms with E-state index in [4.69, 9.17) is 0 Å². The number of likely N-dealkylation sites (tertiary alicyclic amines) is 1. The van der Waals surface area contributed by atoms with Crippen LogP contribution < -0.4 is 4.72 Å². The number of sulfone groups is 1. The minimum Gasteiger partial charge on any atom is -0.295 e. The Labute approximate surface area is 161 Å². The molecular weight excluding hydrogens is 384 g/mol. The Balaban J connectivity index is 1.82. The number of nitrogens with one attached hydrogen (secondary N) is 1. The highest BCUT2D eigenvalue weighted by atomic mass is 32.2. The molecule has 1 aliphatic heterocycles. The highest BCUT2D eigenvalue weighted by Gasteiger charge is 2.26. The Hall–Kier alpha value is -1.74. The zero-order valence-corrected chi connectivity index (χ0v) is 16.8. The third kappa shape index (κ3) is 4.95. The molecule has 1 unspecified atom stereocenters. The molecule has 27 heavy (non-hydrogen) atoms. The van der Waals surface area contributed by atoms with E-state index in [1.54, 1.807) is 0 Å². The van der Waals surface area contributed by atoms with Crippen LogP contribution in [0.15, 0.2) is 64.4 Å². The maximum absolute atomic E-state index is 12.7. The van der Waals surface area contributed by atoms with E-state index in [9.17, 15) is 16.8 Å². The molecule has 3 rings (SSSR count). The maximum Gasteiger partial charge on any atom is 0.240 e. The number of nitrogens with zero attached hydrogens (tertiary/aromatic N) is 1. The topological polar surface area (TPSA) is 83.5 Å². The van der Waals surface area contributed by atoms with Crippen molar-refractivity contribution in [3.8, 4) is 0 Å². The molecule has 1 heterocycles. The molecule has 1 saturated heterocycles. The van der Waals surface area contributed by atoms with Crippen LogP contribution in [0.5, 0.6) is 0 Å². The molecule has 0 amide bonds. The van der Waals surface area contributed by atoms with Crippen molar-refractivity contribution in [2.75, 3.05) is 25.9 Å². The average molecular weight is 409 g/mol. The summed E-state index contributed by atoms with van der Waals surface area (Å²) in [6, 6.07) is 15.2. The van der Waals surface area contributed by atoms with Crippen LogP contribution >= 0.6 is 0 Å². The Morgan fingerprint density at radius 2 is 1.56 bits per heavy atom. The lowest BCUT2D eigenvalue weighted by molar-refractivity contribution is 0.246. The molecule has 0 spiro atoms. The lowest BCUT2D eigenvalue weighted by Gasteiger charge is -2.28. The summed E-state index contributed by atoms with van der Waals surface area (Å²) in [4.78, 5) is 2.23. The van der Waals surface area contributed by atoms with Gasteiger partial charge >= 0.3 is 0 Å². The number of hydrogen-bond acceptors (Lipinski definition) is 5. The van der Waals surface area contributed by atoms with E-state index in [2.05, 4.69) is 9.62 Å². The van der Waals surface area contributed by atoms with Crippen molar-refractivity contribution >= 4 is 19.9 Å². The number of rotatable bonds is 7. The second kappa shape index (κ2) is 8.10. The summed E-state index contributed by atoms with van der Waals surface area (Å²) < 4.78 is 51.6. The van der Waals surface area contributed by atoms with Gasteiger partial charge in [-0.05, 0) is 49.7 Å². The fraction of sp³-hybridized carbons (Fsp3) is 0.368. The predicted octanol–water partition coefficient (Wildman–Crippen LogP) is 2.21. The van der Waals surface area contributed by atoms with Crippen molar-refractivity contribution < 1.29 is 16.8 Å². The molecule has 1 atom stereocenters. The van der Waals surface area contributed by atoms with Crippen LogP contribution in [-0.4, -0.2) is 47.6 Å². The van der Waals surface area contributed by atoms with Crippen LogP contribution in [0.4, 0.5) is 0 Å². The van der Waals surface area contributed by atoms with Crippen molar-refractivity contribution in [2.45, 2.75) is 28.7 Å². The van der Waals surface area contributed by atoms with Crippen molar-refractivity contribution in [1.82, 2.24) is 9.62 Å². The largest absolute Gasteiger partial charge is 0.295 e. The zero-order valence-electron chi connectivity index (χ0n) is 15.2. The van der Waals surface area contributed by atoms with E-state index >= 15 is 0 Å². The van der Waals surface area contributed by atoms with Gasteiger partial charge in [0.15, 0.2) is 9.84 Å². The monoisotopic (exact) mass is 408 g/mol. The summed E-state index contributed by atoms with van der Waals surface area (Å²) in [5.74, 6) is 0. The summed E-state index contributed by atoms with van der Waals surface area (Å²) in [5.41, 5.74) is 1.06. The fourth-order valence-electron chi connectivity index (χ4n) is 3.33. The van der Waals surface area contributed by atoms with Crippen LogP contribution in [0, 0.1) is 0 Å². The third-order valence-electron chi connectivity index (χ3n) is 4.78. The Kier molecular flexibility index (Phi) is 6.00. The number of sulfonamides is 1. The molecule has 0 bridgehead atoms. The normalized spacial score (nSPS) is 17.1. The minimum atomic E-state index is -3.82. The Bertz CT molecular complexity index is 983. The average Bonchev–Trinajstić information content (AvgIpc) is 3.16. The van der Waals surface area contributed by atoms with Gasteiger partial charge in [-0.2, -0.15) is 0 Å². The van der Waals surface area contributed by atoms with E-state index in [0.29, 0.717) is 0 Å². The summed E-state index contributed by atoms with van der Waals surface area (Å²) in [6.07, 6.45) is 3.27. The quantitative estimate of drug-likeness (QED) is 0.759. The maximum atomic E-state index is 12.7. The summed E-state index contributed by atoms with van der Waals surface area (Å²) >= 11 is 0. The molecule has 6 nitrogen and oxygen atoms in total. The van der Waals surface area contributed by atoms with Crippen LogP contribution in [0.25, 0.3) is 0 Å². The molecule has 0 aromatic heterocycles. The molecule has 146 valence electrons. The molecule has 1 N–H and O–H groups in total. The van der Waals surface area contributed by atoms with Crippen LogP contribution in [-0.2, 0) is 19.9 Å². The van der Waals surface area contributed by atoms with Gasteiger partial charge in [-0.3, -0.25) is 4.90 Å². The molecule has 2 aromatic carbocycles. The number of benzene rings is 2. The summed E-state index contributed by atoms with van der Waals surface area (Å²) in [7, 11) is -7.29. The Morgan fingerprint density at radius 3 is 2.19 bits per heavy atom. The standard InChI is InChI=1S/C19H24N2O4S2/c1-26(22,23)17-10-7-11-18(14-17)27(24,25)20-15-19(21-12-5-6-13-21)16-8-3-2-4-9-16/h2-4,7-11,14,19-20H,5-6,12-13,15H2,1H3. The van der Waals surface area contributed by atoms with E-state index in [-0.39, 0.29) is 22.4 Å². The molecule has 1 aliphatic rings. The van der Waals surface area contributed by atoms with E-state index in [0.717, 1.165) is 37.8 Å². The van der Waals surface area contributed by atoms with Crippen molar-refractivity contribution in [2.24, 2.45) is 0 Å². The fourth-order valence-corrected chi connectivity index (χ4v) is 5.16. The first-order chi connectivity index (χ1) is 12.8. The second-order valence-corrected chi connectivity index (χ2v) is 10.6. The summed E-state index contributed by atoms with van der Waals surface area (Å²) in [5, 5.41) is 0. The SMILES string of the molecule is CS(=O)(=O)c1cccc(S(=O)(=O)NCC(c2ccccc2)N2CCCC2)c1. The first kappa shape index (κ1) is 20.0. The highest BCUT2D eigenvalue weighted by Crippen LogP contribution is 2.25. The van der Waals surface area contributed by atoms with E-state index in [1.165, 1.54) is 24.3 Å². The molecule has 2 aromatic rings. The number of hydrogen-bond donors (Lipinski definition) is 1. The van der Waals surface area contributed by atoms with Crippen molar-refractivity contribution in [3.63, 3.8) is 0 Å². The molecule has 0 radical (unpaired) electrons. The van der Waals surface area contributed by atoms with Gasteiger partial charge in [-0.1, -0.05) is 36.4 Å².